The average molecular weight is 260 g/mol. The van der Waals surface area contributed by atoms with Gasteiger partial charge in [0.2, 0.25) is 0 Å². The highest BCUT2D eigenvalue weighted by Crippen LogP contribution is 2.14. The lowest BCUT2D eigenvalue weighted by Gasteiger charge is -2.20. The van der Waals surface area contributed by atoms with Crippen molar-refractivity contribution in [2.75, 3.05) is 6.54 Å². The summed E-state index contributed by atoms with van der Waals surface area (Å²) < 4.78 is 26.2. The number of benzene rings is 1. The van der Waals surface area contributed by atoms with Gasteiger partial charge in [-0.3, -0.25) is 0 Å². The van der Waals surface area contributed by atoms with Gasteiger partial charge in [0.05, 0.1) is 0 Å². The molecule has 1 unspecified atom stereocenters. The van der Waals surface area contributed by atoms with E-state index < -0.39 is 5.82 Å². The highest BCUT2D eigenvalue weighted by Gasteiger charge is 2.09. The molecular formula is C13H16ClF2N. The summed E-state index contributed by atoms with van der Waals surface area (Å²) in [5.41, 5.74) is 0.312. The molecule has 1 N–H and O–H groups in total. The predicted octanol–water partition coefficient (Wildman–Crippen LogP) is 3.54. The largest absolute Gasteiger partial charge is 0.311 e. The first-order chi connectivity index (χ1) is 7.75. The molecule has 0 aliphatic carbocycles. The van der Waals surface area contributed by atoms with Crippen molar-refractivity contribution in [1.82, 2.24) is 5.32 Å². The lowest BCUT2D eigenvalue weighted by molar-refractivity contribution is 0.455. The Morgan fingerprint density at radius 3 is 2.76 bits per heavy atom. The molecule has 1 nitrogen and oxygen atoms in total. The van der Waals surface area contributed by atoms with Crippen LogP contribution in [0.5, 0.6) is 0 Å². The molecule has 1 aliphatic rings. The molecule has 0 saturated carbocycles. The molecule has 17 heavy (non-hydrogen) atoms. The van der Waals surface area contributed by atoms with Crippen molar-refractivity contribution in [3.8, 4) is 0 Å². The molecule has 1 saturated heterocycles. The standard InChI is InChI=1S/C13H15F2N.ClH/c14-11-5-7-13(15)10(9-11)4-6-12-3-1-2-8-16-12;/h4-7,9,12,16H,1-3,8H2;1H/b6-4+;. The number of hydrogen-bond donors (Lipinski definition) is 1. The Morgan fingerprint density at radius 2 is 2.06 bits per heavy atom. The summed E-state index contributed by atoms with van der Waals surface area (Å²) in [6, 6.07) is 3.79. The molecule has 4 heteroatoms. The van der Waals surface area contributed by atoms with Crippen LogP contribution in [-0.4, -0.2) is 12.6 Å². The maximum Gasteiger partial charge on any atom is 0.130 e. The van der Waals surface area contributed by atoms with Crippen molar-refractivity contribution in [2.24, 2.45) is 0 Å². The van der Waals surface area contributed by atoms with Crippen LogP contribution in [0.2, 0.25) is 0 Å². The molecule has 0 aromatic heterocycles. The monoisotopic (exact) mass is 259 g/mol. The summed E-state index contributed by atoms with van der Waals surface area (Å²) in [5.74, 6) is -0.786. The van der Waals surface area contributed by atoms with Crippen molar-refractivity contribution >= 4 is 18.5 Å². The minimum absolute atomic E-state index is 0. The van der Waals surface area contributed by atoms with E-state index in [0.29, 0.717) is 5.56 Å². The van der Waals surface area contributed by atoms with E-state index in [1.54, 1.807) is 6.08 Å². The molecule has 1 aromatic rings. The van der Waals surface area contributed by atoms with Crippen LogP contribution in [0.4, 0.5) is 8.78 Å². The fourth-order valence-corrected chi connectivity index (χ4v) is 1.91. The summed E-state index contributed by atoms with van der Waals surface area (Å²) >= 11 is 0. The number of piperidine rings is 1. The van der Waals surface area contributed by atoms with Crippen LogP contribution < -0.4 is 5.32 Å². The van der Waals surface area contributed by atoms with Crippen molar-refractivity contribution in [1.29, 1.82) is 0 Å². The minimum atomic E-state index is -0.405. The summed E-state index contributed by atoms with van der Waals surface area (Å²) in [6.45, 7) is 1.00. The lowest BCUT2D eigenvalue weighted by Crippen LogP contribution is -2.31. The topological polar surface area (TPSA) is 12.0 Å². The third-order valence-electron chi connectivity index (χ3n) is 2.81. The normalized spacial score (nSPS) is 20.2. The third-order valence-corrected chi connectivity index (χ3v) is 2.81. The van der Waals surface area contributed by atoms with Gasteiger partial charge in [0, 0.05) is 11.6 Å². The van der Waals surface area contributed by atoms with E-state index in [0.717, 1.165) is 25.1 Å². The third kappa shape index (κ3) is 4.10. The van der Waals surface area contributed by atoms with Gasteiger partial charge in [-0.05, 0) is 37.6 Å². The Bertz CT molecular complexity index is 387. The van der Waals surface area contributed by atoms with Crippen molar-refractivity contribution < 1.29 is 8.78 Å². The summed E-state index contributed by atoms with van der Waals surface area (Å²) in [4.78, 5) is 0. The van der Waals surface area contributed by atoms with E-state index in [1.807, 2.05) is 6.08 Å². The maximum atomic E-state index is 13.3. The summed E-state index contributed by atoms with van der Waals surface area (Å²) in [6.07, 6.45) is 7.01. The van der Waals surface area contributed by atoms with E-state index >= 15 is 0 Å². The second-order valence-corrected chi connectivity index (χ2v) is 4.08. The van der Waals surface area contributed by atoms with E-state index in [4.69, 9.17) is 0 Å². The number of nitrogens with one attached hydrogen (secondary N) is 1. The second-order valence-electron chi connectivity index (χ2n) is 4.08. The first-order valence-electron chi connectivity index (χ1n) is 5.62. The summed E-state index contributed by atoms with van der Waals surface area (Å²) in [5, 5.41) is 3.32. The summed E-state index contributed by atoms with van der Waals surface area (Å²) in [7, 11) is 0. The predicted molar refractivity (Wildman–Crippen MR) is 68.3 cm³/mol. The zero-order valence-corrected chi connectivity index (χ0v) is 10.3. The number of rotatable bonds is 2. The molecule has 0 bridgehead atoms. The van der Waals surface area contributed by atoms with Crippen LogP contribution in [0, 0.1) is 11.6 Å². The molecule has 0 amide bonds. The van der Waals surface area contributed by atoms with Crippen LogP contribution in [0.3, 0.4) is 0 Å². The van der Waals surface area contributed by atoms with Crippen LogP contribution >= 0.6 is 12.4 Å². The first-order valence-corrected chi connectivity index (χ1v) is 5.62. The molecule has 1 heterocycles. The van der Waals surface area contributed by atoms with Gasteiger partial charge in [-0.25, -0.2) is 8.78 Å². The van der Waals surface area contributed by atoms with Gasteiger partial charge in [0.1, 0.15) is 11.6 Å². The van der Waals surface area contributed by atoms with E-state index in [9.17, 15) is 8.78 Å². The molecule has 0 radical (unpaired) electrons. The first kappa shape index (κ1) is 14.1. The van der Waals surface area contributed by atoms with Crippen molar-refractivity contribution in [3.63, 3.8) is 0 Å². The molecule has 1 aromatic carbocycles. The van der Waals surface area contributed by atoms with Gasteiger partial charge in [0.25, 0.3) is 0 Å². The molecule has 1 atom stereocenters. The van der Waals surface area contributed by atoms with Gasteiger partial charge in [-0.1, -0.05) is 18.6 Å². The van der Waals surface area contributed by atoms with Crippen molar-refractivity contribution in [3.05, 3.63) is 41.5 Å². The van der Waals surface area contributed by atoms with Crippen molar-refractivity contribution in [2.45, 2.75) is 25.3 Å². The van der Waals surface area contributed by atoms with Crippen LogP contribution in [0.15, 0.2) is 24.3 Å². The molecule has 1 fully saturated rings. The lowest BCUT2D eigenvalue weighted by atomic mass is 10.0. The van der Waals surface area contributed by atoms with Gasteiger partial charge < -0.3 is 5.32 Å². The molecule has 1 aliphatic heterocycles. The second kappa shape index (κ2) is 6.72. The minimum Gasteiger partial charge on any atom is -0.311 e. The highest BCUT2D eigenvalue weighted by molar-refractivity contribution is 5.85. The molecule has 0 spiro atoms. The number of halogens is 3. The molecular weight excluding hydrogens is 244 g/mol. The molecule has 2 rings (SSSR count). The molecule has 94 valence electrons. The number of hydrogen-bond acceptors (Lipinski definition) is 1. The quantitative estimate of drug-likeness (QED) is 0.857. The fraction of sp³-hybridized carbons (Fsp3) is 0.385. The van der Waals surface area contributed by atoms with E-state index in [2.05, 4.69) is 5.32 Å². The Hall–Kier alpha value is -0.930. The Balaban J connectivity index is 0.00000144. The Kier molecular flexibility index (Phi) is 5.59. The fourth-order valence-electron chi connectivity index (χ4n) is 1.91. The van der Waals surface area contributed by atoms with Gasteiger partial charge in [0.15, 0.2) is 0 Å². The average Bonchev–Trinajstić information content (AvgIpc) is 2.32. The smallest absolute Gasteiger partial charge is 0.130 e. The van der Waals surface area contributed by atoms with Crippen LogP contribution in [0.1, 0.15) is 24.8 Å². The van der Waals surface area contributed by atoms with E-state index in [1.165, 1.54) is 18.9 Å². The highest BCUT2D eigenvalue weighted by atomic mass is 35.5. The van der Waals surface area contributed by atoms with Gasteiger partial charge in [-0.2, -0.15) is 0 Å². The maximum absolute atomic E-state index is 13.3. The SMILES string of the molecule is Cl.Fc1ccc(F)c(/C=C/C2CCCCN2)c1. The Morgan fingerprint density at radius 1 is 1.24 bits per heavy atom. The zero-order chi connectivity index (χ0) is 11.4. The van der Waals surface area contributed by atoms with E-state index in [-0.39, 0.29) is 24.3 Å². The van der Waals surface area contributed by atoms with Gasteiger partial charge >= 0.3 is 0 Å². The Labute approximate surface area is 106 Å². The van der Waals surface area contributed by atoms with Gasteiger partial charge in [-0.15, -0.1) is 12.4 Å². The zero-order valence-electron chi connectivity index (χ0n) is 9.46. The van der Waals surface area contributed by atoms with Crippen LogP contribution in [-0.2, 0) is 0 Å². The van der Waals surface area contributed by atoms with Crippen LogP contribution in [0.25, 0.3) is 6.08 Å².